The molecular weight excluding hydrogens is 176 g/mol. The first-order valence-electron chi connectivity index (χ1n) is 4.35. The van der Waals surface area contributed by atoms with Gasteiger partial charge >= 0.3 is 0 Å². The van der Waals surface area contributed by atoms with Crippen molar-refractivity contribution >= 4 is 0 Å². The minimum absolute atomic E-state index is 0.0235. The van der Waals surface area contributed by atoms with E-state index in [2.05, 4.69) is 11.9 Å². The van der Waals surface area contributed by atoms with Crippen LogP contribution in [0.4, 0.5) is 8.78 Å². The van der Waals surface area contributed by atoms with Crippen LogP contribution in [-0.4, -0.2) is 30.2 Å². The largest absolute Gasteiger partial charge is 0.390 e. The molecular formula is C9H17F2NO. The number of nitrogens with one attached hydrogen (secondary N) is 1. The molecule has 0 heterocycles. The molecule has 0 aliphatic carbocycles. The summed E-state index contributed by atoms with van der Waals surface area (Å²) in [6, 6.07) is 0.0235. The molecule has 0 rings (SSSR count). The van der Waals surface area contributed by atoms with Gasteiger partial charge < -0.3 is 10.4 Å². The topological polar surface area (TPSA) is 32.3 Å². The van der Waals surface area contributed by atoms with Crippen molar-refractivity contribution in [3.63, 3.8) is 0 Å². The fourth-order valence-electron chi connectivity index (χ4n) is 0.849. The first-order chi connectivity index (χ1) is 6.02. The molecule has 0 spiro atoms. The van der Waals surface area contributed by atoms with Gasteiger partial charge in [0, 0.05) is 6.04 Å². The van der Waals surface area contributed by atoms with Gasteiger partial charge in [-0.05, 0) is 19.8 Å². The zero-order valence-electron chi connectivity index (χ0n) is 7.89. The fourth-order valence-corrected chi connectivity index (χ4v) is 0.849. The van der Waals surface area contributed by atoms with E-state index in [1.165, 1.54) is 0 Å². The standard InChI is InChI=1S/C9H17F2NO/c1-3-4-5-8(2)12-6-9(10,11)7-13/h3,8,12-13H,1,4-7H2,2H3. The van der Waals surface area contributed by atoms with Crippen LogP contribution in [0.15, 0.2) is 12.7 Å². The van der Waals surface area contributed by atoms with Crippen LogP contribution in [-0.2, 0) is 0 Å². The second-order valence-corrected chi connectivity index (χ2v) is 3.16. The molecule has 2 N–H and O–H groups in total. The highest BCUT2D eigenvalue weighted by molar-refractivity contribution is 4.74. The average molecular weight is 193 g/mol. The van der Waals surface area contributed by atoms with E-state index < -0.39 is 19.1 Å². The third-order valence-corrected chi connectivity index (χ3v) is 1.74. The molecule has 4 heteroatoms. The molecule has 0 bridgehead atoms. The van der Waals surface area contributed by atoms with Crippen LogP contribution in [0.25, 0.3) is 0 Å². The van der Waals surface area contributed by atoms with Gasteiger partial charge in [-0.15, -0.1) is 6.58 Å². The van der Waals surface area contributed by atoms with Gasteiger partial charge in [0.25, 0.3) is 5.92 Å². The van der Waals surface area contributed by atoms with E-state index in [-0.39, 0.29) is 6.04 Å². The molecule has 78 valence electrons. The molecule has 0 aliphatic rings. The molecule has 0 saturated carbocycles. The Bertz CT molecular complexity index is 151. The summed E-state index contributed by atoms with van der Waals surface area (Å²) in [4.78, 5) is 0. The van der Waals surface area contributed by atoms with Crippen LogP contribution in [0.2, 0.25) is 0 Å². The van der Waals surface area contributed by atoms with Crippen molar-refractivity contribution in [3.8, 4) is 0 Å². The van der Waals surface area contributed by atoms with Crippen LogP contribution < -0.4 is 5.32 Å². The molecule has 0 aromatic heterocycles. The van der Waals surface area contributed by atoms with Gasteiger partial charge in [0.2, 0.25) is 0 Å². The number of allylic oxidation sites excluding steroid dienone is 1. The summed E-state index contributed by atoms with van der Waals surface area (Å²) < 4.78 is 25.0. The summed E-state index contributed by atoms with van der Waals surface area (Å²) in [6.45, 7) is 3.80. The number of rotatable bonds is 7. The monoisotopic (exact) mass is 193 g/mol. The molecule has 0 radical (unpaired) electrons. The Morgan fingerprint density at radius 1 is 1.62 bits per heavy atom. The average Bonchev–Trinajstić information content (AvgIpc) is 2.11. The second kappa shape index (κ2) is 6.05. The third-order valence-electron chi connectivity index (χ3n) is 1.74. The maximum absolute atomic E-state index is 12.5. The SMILES string of the molecule is C=CCCC(C)NCC(F)(F)CO. The predicted molar refractivity (Wildman–Crippen MR) is 48.9 cm³/mol. The highest BCUT2D eigenvalue weighted by atomic mass is 19.3. The molecule has 0 fully saturated rings. The van der Waals surface area contributed by atoms with Gasteiger partial charge in [0.15, 0.2) is 0 Å². The van der Waals surface area contributed by atoms with Gasteiger partial charge in [0.1, 0.15) is 6.61 Å². The number of hydrogen-bond acceptors (Lipinski definition) is 2. The summed E-state index contributed by atoms with van der Waals surface area (Å²) >= 11 is 0. The Morgan fingerprint density at radius 3 is 2.69 bits per heavy atom. The van der Waals surface area contributed by atoms with Gasteiger partial charge in [-0.25, -0.2) is 8.78 Å². The van der Waals surface area contributed by atoms with E-state index in [4.69, 9.17) is 5.11 Å². The maximum Gasteiger partial charge on any atom is 0.282 e. The van der Waals surface area contributed by atoms with E-state index in [9.17, 15) is 8.78 Å². The van der Waals surface area contributed by atoms with E-state index in [1.54, 1.807) is 6.08 Å². The summed E-state index contributed by atoms with van der Waals surface area (Å²) in [5, 5.41) is 10.9. The number of halogens is 2. The molecule has 0 saturated heterocycles. The van der Waals surface area contributed by atoms with E-state index in [0.717, 1.165) is 12.8 Å². The maximum atomic E-state index is 12.5. The molecule has 0 amide bonds. The minimum Gasteiger partial charge on any atom is -0.390 e. The molecule has 0 aromatic rings. The van der Waals surface area contributed by atoms with Crippen LogP contribution in [0.5, 0.6) is 0 Å². The quantitative estimate of drug-likeness (QED) is 0.601. The fraction of sp³-hybridized carbons (Fsp3) is 0.778. The highest BCUT2D eigenvalue weighted by Gasteiger charge is 2.27. The Balaban J connectivity index is 3.56. The number of aliphatic hydroxyl groups excluding tert-OH is 1. The van der Waals surface area contributed by atoms with E-state index in [1.807, 2.05) is 6.92 Å². The number of aliphatic hydroxyl groups is 1. The van der Waals surface area contributed by atoms with Gasteiger partial charge in [0.05, 0.1) is 6.54 Å². The van der Waals surface area contributed by atoms with Crippen molar-refractivity contribution < 1.29 is 13.9 Å². The second-order valence-electron chi connectivity index (χ2n) is 3.16. The van der Waals surface area contributed by atoms with Crippen molar-refractivity contribution in [3.05, 3.63) is 12.7 Å². The summed E-state index contributed by atoms with van der Waals surface area (Å²) in [5.41, 5.74) is 0. The number of alkyl halides is 2. The number of hydrogen-bond donors (Lipinski definition) is 2. The summed E-state index contributed by atoms with van der Waals surface area (Å²) in [6.07, 6.45) is 3.34. The van der Waals surface area contributed by atoms with Gasteiger partial charge in [-0.2, -0.15) is 0 Å². The van der Waals surface area contributed by atoms with Crippen molar-refractivity contribution in [2.45, 2.75) is 31.7 Å². The smallest absolute Gasteiger partial charge is 0.282 e. The van der Waals surface area contributed by atoms with Crippen molar-refractivity contribution in [2.75, 3.05) is 13.2 Å². The lowest BCUT2D eigenvalue weighted by atomic mass is 10.2. The Labute approximate surface area is 77.6 Å². The zero-order chi connectivity index (χ0) is 10.3. The van der Waals surface area contributed by atoms with Crippen LogP contribution >= 0.6 is 0 Å². The van der Waals surface area contributed by atoms with Gasteiger partial charge in [-0.1, -0.05) is 6.08 Å². The lowest BCUT2D eigenvalue weighted by Gasteiger charge is -2.18. The predicted octanol–water partition coefficient (Wildman–Crippen LogP) is 1.56. The van der Waals surface area contributed by atoms with Crippen LogP contribution in [0.3, 0.4) is 0 Å². The Hall–Kier alpha value is -0.480. The minimum atomic E-state index is -3.01. The highest BCUT2D eigenvalue weighted by Crippen LogP contribution is 2.10. The molecule has 2 nitrogen and oxygen atoms in total. The lowest BCUT2D eigenvalue weighted by Crippen LogP contribution is -2.40. The first kappa shape index (κ1) is 12.5. The molecule has 13 heavy (non-hydrogen) atoms. The van der Waals surface area contributed by atoms with Crippen molar-refractivity contribution in [2.24, 2.45) is 0 Å². The molecule has 1 atom stereocenters. The van der Waals surface area contributed by atoms with Crippen LogP contribution in [0, 0.1) is 0 Å². The van der Waals surface area contributed by atoms with Crippen molar-refractivity contribution in [1.82, 2.24) is 5.32 Å². The Morgan fingerprint density at radius 2 is 2.23 bits per heavy atom. The van der Waals surface area contributed by atoms with Crippen molar-refractivity contribution in [1.29, 1.82) is 0 Å². The summed E-state index contributed by atoms with van der Waals surface area (Å²) in [7, 11) is 0. The summed E-state index contributed by atoms with van der Waals surface area (Å²) in [5.74, 6) is -3.01. The third kappa shape index (κ3) is 6.66. The van der Waals surface area contributed by atoms with Gasteiger partial charge in [-0.3, -0.25) is 0 Å². The van der Waals surface area contributed by atoms with E-state index in [0.29, 0.717) is 0 Å². The normalized spacial score (nSPS) is 14.2. The zero-order valence-corrected chi connectivity index (χ0v) is 7.89. The lowest BCUT2D eigenvalue weighted by molar-refractivity contribution is -0.0491. The molecule has 0 aromatic carbocycles. The van der Waals surface area contributed by atoms with Crippen LogP contribution in [0.1, 0.15) is 19.8 Å². The first-order valence-corrected chi connectivity index (χ1v) is 4.35. The van der Waals surface area contributed by atoms with E-state index >= 15 is 0 Å². The molecule has 1 unspecified atom stereocenters. The Kier molecular flexibility index (Phi) is 5.82. The molecule has 0 aliphatic heterocycles.